The molecule has 0 bridgehead atoms. The van der Waals surface area contributed by atoms with Gasteiger partial charge in [0.2, 0.25) is 5.91 Å². The molecule has 1 heterocycles. The van der Waals surface area contributed by atoms with Gasteiger partial charge in [-0.05, 0) is 61.2 Å². The van der Waals surface area contributed by atoms with E-state index in [1.165, 1.54) is 6.42 Å². The molecule has 2 amide bonds. The van der Waals surface area contributed by atoms with Crippen molar-refractivity contribution in [3.8, 4) is 5.75 Å². The standard InChI is InChI=1S/C23H29N3O3/c1-29-21-10-8-19(9-11-21)23(28)25-20-7-5-6-18(16-20)17-24-13-12-22(27)26-14-3-2-4-15-26/h5-11,16,24H,2-4,12-15,17H2,1H3,(H,25,28). The molecule has 29 heavy (non-hydrogen) atoms. The van der Waals surface area contributed by atoms with E-state index in [4.69, 9.17) is 4.74 Å². The number of rotatable bonds is 8. The van der Waals surface area contributed by atoms with E-state index >= 15 is 0 Å². The SMILES string of the molecule is COc1ccc(C(=O)Nc2cccc(CNCCC(=O)N3CCCCC3)c2)cc1. The molecule has 1 fully saturated rings. The monoisotopic (exact) mass is 395 g/mol. The Kier molecular flexibility index (Phi) is 7.64. The first-order valence-electron chi connectivity index (χ1n) is 10.2. The normalized spacial score (nSPS) is 13.8. The highest BCUT2D eigenvalue weighted by atomic mass is 16.5. The molecule has 0 unspecified atom stereocenters. The number of carbonyl (C=O) groups excluding carboxylic acids is 2. The molecule has 2 aromatic rings. The van der Waals surface area contributed by atoms with Gasteiger partial charge in [-0.25, -0.2) is 0 Å². The van der Waals surface area contributed by atoms with E-state index in [0.29, 0.717) is 30.8 Å². The maximum atomic E-state index is 12.4. The van der Waals surface area contributed by atoms with Crippen LogP contribution in [0.15, 0.2) is 48.5 Å². The first-order valence-corrected chi connectivity index (χ1v) is 10.2. The lowest BCUT2D eigenvalue weighted by molar-refractivity contribution is -0.131. The third-order valence-electron chi connectivity index (χ3n) is 5.09. The summed E-state index contributed by atoms with van der Waals surface area (Å²) in [5.74, 6) is 0.788. The molecular formula is C23H29N3O3. The third kappa shape index (κ3) is 6.32. The van der Waals surface area contributed by atoms with Crippen molar-refractivity contribution in [1.29, 1.82) is 0 Å². The molecule has 0 radical (unpaired) electrons. The van der Waals surface area contributed by atoms with Crippen LogP contribution in [0.2, 0.25) is 0 Å². The molecule has 1 saturated heterocycles. The average molecular weight is 396 g/mol. The third-order valence-corrected chi connectivity index (χ3v) is 5.09. The summed E-state index contributed by atoms with van der Waals surface area (Å²) in [6.45, 7) is 3.10. The molecule has 0 aromatic heterocycles. The van der Waals surface area contributed by atoms with Crippen molar-refractivity contribution in [3.05, 3.63) is 59.7 Å². The summed E-state index contributed by atoms with van der Waals surface area (Å²) in [4.78, 5) is 26.6. The number of amides is 2. The highest BCUT2D eigenvalue weighted by molar-refractivity contribution is 6.04. The minimum absolute atomic E-state index is 0.162. The Morgan fingerprint density at radius 1 is 1.03 bits per heavy atom. The maximum absolute atomic E-state index is 12.4. The number of likely N-dealkylation sites (tertiary alicyclic amines) is 1. The molecule has 3 rings (SSSR count). The average Bonchev–Trinajstić information content (AvgIpc) is 2.77. The van der Waals surface area contributed by atoms with Crippen LogP contribution >= 0.6 is 0 Å². The molecule has 0 spiro atoms. The minimum Gasteiger partial charge on any atom is -0.497 e. The molecule has 2 N–H and O–H groups in total. The summed E-state index contributed by atoms with van der Waals surface area (Å²) < 4.78 is 5.12. The van der Waals surface area contributed by atoms with Crippen LogP contribution in [0.4, 0.5) is 5.69 Å². The number of benzene rings is 2. The highest BCUT2D eigenvalue weighted by Crippen LogP contribution is 2.15. The summed E-state index contributed by atoms with van der Waals surface area (Å²) >= 11 is 0. The molecule has 0 saturated carbocycles. The van der Waals surface area contributed by atoms with Crippen molar-refractivity contribution >= 4 is 17.5 Å². The zero-order valence-corrected chi connectivity index (χ0v) is 16.9. The van der Waals surface area contributed by atoms with Crippen molar-refractivity contribution in [2.75, 3.05) is 32.1 Å². The van der Waals surface area contributed by atoms with Crippen molar-refractivity contribution in [2.24, 2.45) is 0 Å². The number of anilines is 1. The molecular weight excluding hydrogens is 366 g/mol. The number of carbonyl (C=O) groups is 2. The molecule has 154 valence electrons. The zero-order valence-electron chi connectivity index (χ0n) is 16.9. The van der Waals surface area contributed by atoms with Crippen molar-refractivity contribution in [3.63, 3.8) is 0 Å². The molecule has 2 aromatic carbocycles. The Bertz CT molecular complexity index is 814. The van der Waals surface area contributed by atoms with Crippen LogP contribution in [0.25, 0.3) is 0 Å². The highest BCUT2D eigenvalue weighted by Gasteiger charge is 2.15. The van der Waals surface area contributed by atoms with Crippen LogP contribution in [-0.2, 0) is 11.3 Å². The van der Waals surface area contributed by atoms with Crippen molar-refractivity contribution in [1.82, 2.24) is 10.2 Å². The fraction of sp³-hybridized carbons (Fsp3) is 0.391. The number of piperidine rings is 1. The second kappa shape index (κ2) is 10.6. The van der Waals surface area contributed by atoms with Gasteiger partial charge in [-0.3, -0.25) is 9.59 Å². The summed E-state index contributed by atoms with van der Waals surface area (Å²) in [6.07, 6.45) is 3.99. The van der Waals surface area contributed by atoms with E-state index in [-0.39, 0.29) is 11.8 Å². The second-order valence-electron chi connectivity index (χ2n) is 7.25. The summed E-state index contributed by atoms with van der Waals surface area (Å²) in [6, 6.07) is 14.7. The predicted octanol–water partition coefficient (Wildman–Crippen LogP) is 3.44. The number of ether oxygens (including phenoxy) is 1. The second-order valence-corrected chi connectivity index (χ2v) is 7.25. The summed E-state index contributed by atoms with van der Waals surface area (Å²) in [5.41, 5.74) is 2.38. The van der Waals surface area contributed by atoms with Crippen LogP contribution in [0.3, 0.4) is 0 Å². The fourth-order valence-corrected chi connectivity index (χ4v) is 3.43. The zero-order chi connectivity index (χ0) is 20.5. The van der Waals surface area contributed by atoms with Crippen LogP contribution in [0.5, 0.6) is 5.75 Å². The Balaban J connectivity index is 1.45. The lowest BCUT2D eigenvalue weighted by Crippen LogP contribution is -2.37. The largest absolute Gasteiger partial charge is 0.497 e. The molecule has 0 aliphatic carbocycles. The van der Waals surface area contributed by atoms with Crippen LogP contribution in [0, 0.1) is 0 Å². The lowest BCUT2D eigenvalue weighted by Gasteiger charge is -2.26. The molecule has 6 heteroatoms. The van der Waals surface area contributed by atoms with Gasteiger partial charge in [0, 0.05) is 43.9 Å². The predicted molar refractivity (Wildman–Crippen MR) is 114 cm³/mol. The van der Waals surface area contributed by atoms with Gasteiger partial charge in [0.25, 0.3) is 5.91 Å². The van der Waals surface area contributed by atoms with Gasteiger partial charge >= 0.3 is 0 Å². The van der Waals surface area contributed by atoms with Crippen LogP contribution in [0.1, 0.15) is 41.6 Å². The summed E-state index contributed by atoms with van der Waals surface area (Å²) in [7, 11) is 1.60. The molecule has 1 aliphatic heterocycles. The van der Waals surface area contributed by atoms with Crippen LogP contribution < -0.4 is 15.4 Å². The molecule has 6 nitrogen and oxygen atoms in total. The number of nitrogens with zero attached hydrogens (tertiary/aromatic N) is 1. The smallest absolute Gasteiger partial charge is 0.255 e. The Morgan fingerprint density at radius 2 is 1.79 bits per heavy atom. The Labute approximate surface area is 172 Å². The van der Waals surface area contributed by atoms with Gasteiger partial charge in [0.1, 0.15) is 5.75 Å². The Morgan fingerprint density at radius 3 is 2.52 bits per heavy atom. The maximum Gasteiger partial charge on any atom is 0.255 e. The minimum atomic E-state index is -0.162. The van der Waals surface area contributed by atoms with Gasteiger partial charge in [0.05, 0.1) is 7.11 Å². The molecule has 0 atom stereocenters. The number of methoxy groups -OCH3 is 1. The van der Waals surface area contributed by atoms with Crippen molar-refractivity contribution in [2.45, 2.75) is 32.2 Å². The number of hydrogen-bond donors (Lipinski definition) is 2. The Hall–Kier alpha value is -2.86. The van der Waals surface area contributed by atoms with Crippen LogP contribution in [-0.4, -0.2) is 43.5 Å². The van der Waals surface area contributed by atoms with Crippen molar-refractivity contribution < 1.29 is 14.3 Å². The number of hydrogen-bond acceptors (Lipinski definition) is 4. The van der Waals surface area contributed by atoms with Gasteiger partial charge in [-0.15, -0.1) is 0 Å². The summed E-state index contributed by atoms with van der Waals surface area (Å²) in [5, 5.41) is 6.24. The van der Waals surface area contributed by atoms with Gasteiger partial charge in [-0.2, -0.15) is 0 Å². The first kappa shape index (κ1) is 20.9. The number of nitrogens with one attached hydrogen (secondary N) is 2. The topological polar surface area (TPSA) is 70.7 Å². The van der Waals surface area contributed by atoms with E-state index < -0.39 is 0 Å². The van der Waals surface area contributed by atoms with Gasteiger partial charge in [0.15, 0.2) is 0 Å². The van der Waals surface area contributed by atoms with E-state index in [1.807, 2.05) is 29.2 Å². The van der Waals surface area contributed by atoms with E-state index in [9.17, 15) is 9.59 Å². The first-order chi connectivity index (χ1) is 14.2. The molecule has 1 aliphatic rings. The van der Waals surface area contributed by atoms with Gasteiger partial charge < -0.3 is 20.3 Å². The fourth-order valence-electron chi connectivity index (χ4n) is 3.43. The van der Waals surface area contributed by atoms with E-state index in [0.717, 1.165) is 37.2 Å². The van der Waals surface area contributed by atoms with E-state index in [2.05, 4.69) is 10.6 Å². The quantitative estimate of drug-likeness (QED) is 0.672. The van der Waals surface area contributed by atoms with E-state index in [1.54, 1.807) is 31.4 Å². The lowest BCUT2D eigenvalue weighted by atomic mass is 10.1. The van der Waals surface area contributed by atoms with Gasteiger partial charge in [-0.1, -0.05) is 12.1 Å².